The van der Waals surface area contributed by atoms with Gasteiger partial charge in [-0.2, -0.15) is 0 Å². The fourth-order valence-corrected chi connectivity index (χ4v) is 3.83. The number of hydrogen-bond donors (Lipinski definition) is 1. The van der Waals surface area contributed by atoms with Crippen molar-refractivity contribution in [2.75, 3.05) is 26.6 Å². The summed E-state index contributed by atoms with van der Waals surface area (Å²) in [6.07, 6.45) is 0. The summed E-state index contributed by atoms with van der Waals surface area (Å²) in [5, 5.41) is 3.59. The Morgan fingerprint density at radius 3 is 2.27 bits per heavy atom. The highest BCUT2D eigenvalue weighted by Crippen LogP contribution is 2.31. The lowest BCUT2D eigenvalue weighted by molar-refractivity contribution is 0.102. The fourth-order valence-electron chi connectivity index (χ4n) is 2.83. The Morgan fingerprint density at radius 2 is 1.60 bits per heavy atom. The molecule has 0 aliphatic heterocycles. The average molecular weight is 444 g/mol. The van der Waals surface area contributed by atoms with Crippen LogP contribution >= 0.6 is 23.4 Å². The normalized spacial score (nSPS) is 10.4. The van der Waals surface area contributed by atoms with Crippen molar-refractivity contribution in [1.82, 2.24) is 0 Å². The summed E-state index contributed by atoms with van der Waals surface area (Å²) in [7, 11) is 4.74. The number of rotatable bonds is 8. The number of amides is 1. The van der Waals surface area contributed by atoms with Crippen molar-refractivity contribution in [2.45, 2.75) is 10.6 Å². The first kappa shape index (κ1) is 21.9. The summed E-state index contributed by atoms with van der Waals surface area (Å²) in [4.78, 5) is 14.0. The molecule has 7 heteroatoms. The molecule has 1 amide bonds. The highest BCUT2D eigenvalue weighted by molar-refractivity contribution is 7.98. The van der Waals surface area contributed by atoms with Crippen molar-refractivity contribution in [3.05, 3.63) is 76.8 Å². The van der Waals surface area contributed by atoms with Gasteiger partial charge < -0.3 is 19.5 Å². The van der Waals surface area contributed by atoms with Crippen molar-refractivity contribution >= 4 is 35.0 Å². The van der Waals surface area contributed by atoms with Crippen LogP contribution in [0, 0.1) is 0 Å². The Balaban J connectivity index is 1.79. The van der Waals surface area contributed by atoms with Gasteiger partial charge >= 0.3 is 0 Å². The number of carbonyl (C=O) groups is 1. The molecule has 3 aromatic carbocycles. The minimum absolute atomic E-state index is 0.248. The molecule has 0 radical (unpaired) electrons. The zero-order chi connectivity index (χ0) is 21.5. The lowest BCUT2D eigenvalue weighted by Crippen LogP contribution is -2.13. The first-order chi connectivity index (χ1) is 14.5. The van der Waals surface area contributed by atoms with Gasteiger partial charge in [0, 0.05) is 32.9 Å². The van der Waals surface area contributed by atoms with Crippen molar-refractivity contribution < 1.29 is 19.0 Å². The largest absolute Gasteiger partial charge is 0.497 e. The van der Waals surface area contributed by atoms with E-state index in [9.17, 15) is 4.79 Å². The summed E-state index contributed by atoms with van der Waals surface area (Å²) in [5.74, 6) is 2.31. The predicted molar refractivity (Wildman–Crippen MR) is 122 cm³/mol. The van der Waals surface area contributed by atoms with Gasteiger partial charge in [0.15, 0.2) is 0 Å². The van der Waals surface area contributed by atoms with Crippen LogP contribution < -0.4 is 19.5 Å². The number of carbonyl (C=O) groups excluding carboxylic acids is 1. The van der Waals surface area contributed by atoms with Crippen LogP contribution in [0.15, 0.2) is 65.6 Å². The number of nitrogens with one attached hydrogen (secondary N) is 1. The molecule has 3 aromatic rings. The molecule has 156 valence electrons. The van der Waals surface area contributed by atoms with Gasteiger partial charge in [-0.3, -0.25) is 4.79 Å². The highest BCUT2D eigenvalue weighted by atomic mass is 35.5. The molecule has 30 heavy (non-hydrogen) atoms. The maximum Gasteiger partial charge on any atom is 0.255 e. The van der Waals surface area contributed by atoms with E-state index >= 15 is 0 Å². The van der Waals surface area contributed by atoms with Gasteiger partial charge in [0.2, 0.25) is 0 Å². The average Bonchev–Trinajstić information content (AvgIpc) is 2.78. The number of methoxy groups -OCH3 is 3. The zero-order valence-electron chi connectivity index (χ0n) is 16.9. The molecule has 0 spiro atoms. The van der Waals surface area contributed by atoms with E-state index in [1.54, 1.807) is 63.4 Å². The molecule has 0 saturated heterocycles. The van der Waals surface area contributed by atoms with Crippen LogP contribution in [-0.2, 0) is 5.75 Å². The van der Waals surface area contributed by atoms with Crippen molar-refractivity contribution in [1.29, 1.82) is 0 Å². The lowest BCUT2D eigenvalue weighted by atomic mass is 10.1. The third-order valence-corrected chi connectivity index (χ3v) is 5.72. The van der Waals surface area contributed by atoms with Crippen LogP contribution in [0.5, 0.6) is 17.2 Å². The van der Waals surface area contributed by atoms with E-state index in [-0.39, 0.29) is 5.91 Å². The Kier molecular flexibility index (Phi) is 7.49. The molecule has 0 bridgehead atoms. The van der Waals surface area contributed by atoms with Crippen LogP contribution in [0.1, 0.15) is 15.9 Å². The predicted octanol–water partition coefficient (Wildman–Crippen LogP) is 5.91. The second kappa shape index (κ2) is 10.3. The van der Waals surface area contributed by atoms with E-state index in [1.807, 2.05) is 30.3 Å². The molecule has 0 aliphatic carbocycles. The van der Waals surface area contributed by atoms with Crippen LogP contribution in [0.4, 0.5) is 5.69 Å². The van der Waals surface area contributed by atoms with Crippen LogP contribution in [0.3, 0.4) is 0 Å². The quantitative estimate of drug-likeness (QED) is 0.438. The molecule has 5 nitrogen and oxygen atoms in total. The molecule has 0 unspecified atom stereocenters. The zero-order valence-corrected chi connectivity index (χ0v) is 18.5. The molecule has 0 atom stereocenters. The molecule has 3 rings (SSSR count). The third-order valence-electron chi connectivity index (χ3n) is 4.41. The van der Waals surface area contributed by atoms with E-state index < -0.39 is 0 Å². The topological polar surface area (TPSA) is 56.8 Å². The lowest BCUT2D eigenvalue weighted by Gasteiger charge is -2.13. The molecule has 0 saturated carbocycles. The molecule has 1 N–H and O–H groups in total. The second-order valence-corrected chi connectivity index (χ2v) is 7.77. The summed E-state index contributed by atoms with van der Waals surface area (Å²) in [5.41, 5.74) is 1.98. The molecular weight excluding hydrogens is 422 g/mol. The van der Waals surface area contributed by atoms with E-state index in [4.69, 9.17) is 25.8 Å². The minimum atomic E-state index is -0.248. The molecule has 0 heterocycles. The van der Waals surface area contributed by atoms with Gasteiger partial charge in [-0.25, -0.2) is 0 Å². The second-order valence-electron chi connectivity index (χ2n) is 6.29. The minimum Gasteiger partial charge on any atom is -0.497 e. The maximum atomic E-state index is 12.9. The molecule has 0 aromatic heterocycles. The van der Waals surface area contributed by atoms with Gasteiger partial charge in [-0.05, 0) is 54.6 Å². The molecular formula is C23H22ClNO4S. The van der Waals surface area contributed by atoms with Crippen LogP contribution in [0.25, 0.3) is 0 Å². The number of benzene rings is 3. The van der Waals surface area contributed by atoms with E-state index in [0.717, 1.165) is 16.2 Å². The summed E-state index contributed by atoms with van der Waals surface area (Å²) in [6.45, 7) is 0. The Labute approximate surface area is 185 Å². The monoisotopic (exact) mass is 443 g/mol. The van der Waals surface area contributed by atoms with Gasteiger partial charge in [0.1, 0.15) is 17.2 Å². The number of ether oxygens (including phenoxy) is 3. The highest BCUT2D eigenvalue weighted by Gasteiger charge is 2.14. The maximum absolute atomic E-state index is 12.9. The van der Waals surface area contributed by atoms with E-state index in [1.165, 1.54) is 0 Å². The first-order valence-electron chi connectivity index (χ1n) is 9.12. The summed E-state index contributed by atoms with van der Waals surface area (Å²) in [6, 6.07) is 18.2. The van der Waals surface area contributed by atoms with Gasteiger partial charge in [0.05, 0.1) is 27.0 Å². The van der Waals surface area contributed by atoms with Crippen molar-refractivity contribution in [3.63, 3.8) is 0 Å². The Hall–Kier alpha value is -2.83. The van der Waals surface area contributed by atoms with Gasteiger partial charge in [0.25, 0.3) is 5.91 Å². The van der Waals surface area contributed by atoms with Crippen molar-refractivity contribution in [2.24, 2.45) is 0 Å². The third kappa shape index (κ3) is 5.40. The van der Waals surface area contributed by atoms with Crippen molar-refractivity contribution in [3.8, 4) is 17.2 Å². The van der Waals surface area contributed by atoms with Gasteiger partial charge in [-0.15, -0.1) is 11.8 Å². The number of hydrogen-bond acceptors (Lipinski definition) is 5. The molecule has 0 aliphatic rings. The summed E-state index contributed by atoms with van der Waals surface area (Å²) >= 11 is 7.59. The smallest absolute Gasteiger partial charge is 0.255 e. The standard InChI is InChI=1S/C23H22ClNO4S/c1-27-18-7-11-22(29-3)20(13-18)25-23(26)15-4-10-21(28-2)16(12-15)14-30-19-8-5-17(24)6-9-19/h4-13H,14H2,1-3H3,(H,25,26). The summed E-state index contributed by atoms with van der Waals surface area (Å²) < 4.78 is 16.0. The van der Waals surface area contributed by atoms with Crippen LogP contribution in [0.2, 0.25) is 5.02 Å². The number of halogens is 1. The molecule has 0 fully saturated rings. The van der Waals surface area contributed by atoms with E-state index in [0.29, 0.717) is 33.5 Å². The SMILES string of the molecule is COc1ccc(OC)c(NC(=O)c2ccc(OC)c(CSc3ccc(Cl)cc3)c2)c1. The number of anilines is 1. The number of thioether (sulfide) groups is 1. The van der Waals surface area contributed by atoms with Gasteiger partial charge in [-0.1, -0.05) is 11.6 Å². The fraction of sp³-hybridized carbons (Fsp3) is 0.174. The first-order valence-corrected chi connectivity index (χ1v) is 10.5. The Morgan fingerprint density at radius 1 is 0.900 bits per heavy atom. The Bertz CT molecular complexity index is 1020. The van der Waals surface area contributed by atoms with E-state index in [2.05, 4.69) is 5.32 Å². The van der Waals surface area contributed by atoms with Crippen LogP contribution in [-0.4, -0.2) is 27.2 Å².